The number of alkyl halides is 3. The third-order valence-electron chi connectivity index (χ3n) is 8.29. The van der Waals surface area contributed by atoms with Crippen LogP contribution in [0, 0.1) is 3.70 Å². The summed E-state index contributed by atoms with van der Waals surface area (Å²) in [6.45, 7) is 5.39. The average molecular weight is 849 g/mol. The number of rotatable bonds is 7. The van der Waals surface area contributed by atoms with E-state index in [0.29, 0.717) is 22.7 Å². The second-order valence-electron chi connectivity index (χ2n) is 13.5. The Balaban J connectivity index is 0.000000210. The van der Waals surface area contributed by atoms with Gasteiger partial charge in [-0.25, -0.2) is 14.8 Å². The summed E-state index contributed by atoms with van der Waals surface area (Å²) in [5.74, 6) is 0. The highest BCUT2D eigenvalue weighted by molar-refractivity contribution is 14.1. The number of imidazole rings is 2. The van der Waals surface area contributed by atoms with Crippen LogP contribution in [0.15, 0.2) is 110 Å². The molecule has 0 saturated heterocycles. The van der Waals surface area contributed by atoms with Gasteiger partial charge < -0.3 is 20.8 Å². The highest BCUT2D eigenvalue weighted by Gasteiger charge is 2.27. The molecule has 1 aromatic carbocycles. The van der Waals surface area contributed by atoms with Crippen molar-refractivity contribution in [2.24, 2.45) is 0 Å². The largest absolute Gasteiger partial charge is 0.405 e. The third kappa shape index (κ3) is 9.21. The number of benzene rings is 1. The summed E-state index contributed by atoms with van der Waals surface area (Å²) < 4.78 is 41.8. The SMILES string of the molecule is CC(C)(O)c1ccc(-c2ccn3c(-c4cccc(NC(=O)NCC(F)(F)F)c4)cnc3c2)cn1.CC(C)(O)c1ccc(-c2ccn3c(I)cnc3c2)cn1. The van der Waals surface area contributed by atoms with Crippen molar-refractivity contribution in [1.29, 1.82) is 0 Å². The predicted octanol–water partition coefficient (Wildman–Crippen LogP) is 8.20. The number of hydrogen-bond donors (Lipinski definition) is 4. The monoisotopic (exact) mass is 848 g/mol. The van der Waals surface area contributed by atoms with Crippen LogP contribution < -0.4 is 10.6 Å². The van der Waals surface area contributed by atoms with Gasteiger partial charge in [0.2, 0.25) is 0 Å². The number of nitrogens with one attached hydrogen (secondary N) is 2. The molecule has 11 nitrogen and oxygen atoms in total. The Kier molecular flexibility index (Phi) is 10.8. The van der Waals surface area contributed by atoms with Crippen LogP contribution >= 0.6 is 22.6 Å². The van der Waals surface area contributed by atoms with E-state index >= 15 is 0 Å². The minimum absolute atomic E-state index is 0.349. The molecule has 0 saturated carbocycles. The standard InChI is InChI=1S/C24H22F3N5O2.C15H14IN3O/c1-23(2,34)20-7-6-17(12-28-20)15-8-9-32-19(13-29-21(32)11-15)16-4-3-5-18(10-16)31-22(33)30-14-24(25,26)27;1-15(2,20)12-4-3-11(8-17-12)10-5-6-19-13(16)9-18-14(19)7-10/h3-13,34H,14H2,1-2H3,(H2,30,31,33);3-9,20H,1-2H3. The molecule has 0 radical (unpaired) electrons. The third-order valence-corrected chi connectivity index (χ3v) is 9.09. The van der Waals surface area contributed by atoms with Crippen molar-refractivity contribution in [3.05, 3.63) is 125 Å². The first-order valence-electron chi connectivity index (χ1n) is 16.6. The molecule has 7 aromatic rings. The molecule has 54 heavy (non-hydrogen) atoms. The van der Waals surface area contributed by atoms with Crippen LogP contribution in [-0.2, 0) is 11.2 Å². The molecule has 0 aliphatic rings. The Morgan fingerprint density at radius 3 is 1.78 bits per heavy atom. The summed E-state index contributed by atoms with van der Waals surface area (Å²) >= 11 is 2.25. The fourth-order valence-corrected chi connectivity index (χ4v) is 6.02. The molecule has 7 rings (SSSR count). The molecule has 0 bridgehead atoms. The number of amides is 2. The first-order valence-corrected chi connectivity index (χ1v) is 17.7. The number of hydrogen-bond acceptors (Lipinski definition) is 7. The Morgan fingerprint density at radius 2 is 1.24 bits per heavy atom. The maximum Gasteiger partial charge on any atom is 0.405 e. The van der Waals surface area contributed by atoms with Gasteiger partial charge in [0.25, 0.3) is 0 Å². The molecule has 6 aromatic heterocycles. The van der Waals surface area contributed by atoms with Gasteiger partial charge in [0.15, 0.2) is 0 Å². The summed E-state index contributed by atoms with van der Waals surface area (Å²) in [5.41, 5.74) is 6.56. The van der Waals surface area contributed by atoms with Gasteiger partial charge in [-0.1, -0.05) is 24.3 Å². The van der Waals surface area contributed by atoms with E-state index < -0.39 is 30.0 Å². The van der Waals surface area contributed by atoms with Crippen LogP contribution in [0.3, 0.4) is 0 Å². The molecule has 0 atom stereocenters. The predicted molar refractivity (Wildman–Crippen MR) is 209 cm³/mol. The molecular weight excluding hydrogens is 812 g/mol. The minimum Gasteiger partial charge on any atom is -0.384 e. The molecule has 0 fully saturated rings. The molecule has 6 heterocycles. The summed E-state index contributed by atoms with van der Waals surface area (Å²) in [6, 6.07) is 21.2. The number of urea groups is 1. The quantitative estimate of drug-likeness (QED) is 0.119. The Labute approximate surface area is 322 Å². The smallest absolute Gasteiger partial charge is 0.384 e. The lowest BCUT2D eigenvalue weighted by atomic mass is 10.0. The first-order chi connectivity index (χ1) is 25.4. The van der Waals surface area contributed by atoms with Crippen molar-refractivity contribution in [3.8, 4) is 33.5 Å². The fourth-order valence-electron chi connectivity index (χ4n) is 5.47. The van der Waals surface area contributed by atoms with Gasteiger partial charge in [0.05, 0.1) is 29.5 Å². The van der Waals surface area contributed by atoms with Crippen molar-refractivity contribution >= 4 is 45.6 Å². The summed E-state index contributed by atoms with van der Waals surface area (Å²) in [5, 5.41) is 24.2. The minimum atomic E-state index is -4.48. The van der Waals surface area contributed by atoms with E-state index in [9.17, 15) is 28.2 Å². The lowest BCUT2D eigenvalue weighted by molar-refractivity contribution is -0.122. The second-order valence-corrected chi connectivity index (χ2v) is 14.6. The van der Waals surface area contributed by atoms with Crippen molar-refractivity contribution < 1.29 is 28.2 Å². The summed E-state index contributed by atoms with van der Waals surface area (Å²) in [6.07, 6.45) is 6.38. The zero-order chi connectivity index (χ0) is 38.8. The van der Waals surface area contributed by atoms with E-state index in [1.54, 1.807) is 75.9 Å². The number of anilines is 1. The number of aromatic nitrogens is 6. The Hall–Kier alpha value is -5.39. The summed E-state index contributed by atoms with van der Waals surface area (Å²) in [7, 11) is 0. The van der Waals surface area contributed by atoms with Crippen molar-refractivity contribution in [2.75, 3.05) is 11.9 Å². The van der Waals surface area contributed by atoms with Gasteiger partial charge in [-0.15, -0.1) is 0 Å². The summed E-state index contributed by atoms with van der Waals surface area (Å²) in [4.78, 5) is 29.3. The first kappa shape index (κ1) is 38.3. The highest BCUT2D eigenvalue weighted by Crippen LogP contribution is 2.28. The van der Waals surface area contributed by atoms with Gasteiger partial charge in [-0.05, 0) is 110 Å². The maximum absolute atomic E-state index is 12.3. The van der Waals surface area contributed by atoms with Gasteiger partial charge in [0, 0.05) is 47.2 Å². The van der Waals surface area contributed by atoms with Crippen LogP contribution in [0.25, 0.3) is 44.8 Å². The number of nitrogens with zero attached hydrogens (tertiary/aromatic N) is 6. The van der Waals surface area contributed by atoms with E-state index in [-0.39, 0.29) is 0 Å². The van der Waals surface area contributed by atoms with E-state index in [1.165, 1.54) is 0 Å². The Morgan fingerprint density at radius 1 is 0.685 bits per heavy atom. The van der Waals surface area contributed by atoms with E-state index in [0.717, 1.165) is 42.9 Å². The van der Waals surface area contributed by atoms with E-state index in [2.05, 4.69) is 47.8 Å². The van der Waals surface area contributed by atoms with E-state index in [4.69, 9.17) is 0 Å². The van der Waals surface area contributed by atoms with Gasteiger partial charge in [0.1, 0.15) is 32.7 Å². The molecule has 15 heteroatoms. The molecule has 0 unspecified atom stereocenters. The highest BCUT2D eigenvalue weighted by atomic mass is 127. The van der Waals surface area contributed by atoms with Gasteiger partial charge in [-0.3, -0.25) is 18.8 Å². The maximum atomic E-state index is 12.3. The number of carbonyl (C=O) groups excluding carboxylic acids is 1. The molecule has 0 aliphatic carbocycles. The van der Waals surface area contributed by atoms with Gasteiger partial charge >= 0.3 is 12.2 Å². The number of halogens is 4. The zero-order valence-corrected chi connectivity index (χ0v) is 31.8. The second kappa shape index (κ2) is 15.2. The van der Waals surface area contributed by atoms with E-state index in [1.807, 2.05) is 75.9 Å². The molecule has 2 amide bonds. The van der Waals surface area contributed by atoms with Crippen molar-refractivity contribution in [3.63, 3.8) is 0 Å². The number of fused-ring (bicyclic) bond motifs is 2. The zero-order valence-electron chi connectivity index (χ0n) is 29.6. The number of pyridine rings is 4. The van der Waals surface area contributed by atoms with Crippen LogP contribution in [0.5, 0.6) is 0 Å². The topological polar surface area (TPSA) is 142 Å². The van der Waals surface area contributed by atoms with Crippen LogP contribution in [0.4, 0.5) is 23.7 Å². The molecule has 4 N–H and O–H groups in total. The average Bonchev–Trinajstić information content (AvgIpc) is 3.73. The molecular formula is C39H36F3IN8O3. The number of carbonyl (C=O) groups is 1. The van der Waals surface area contributed by atoms with Crippen LogP contribution in [-0.4, -0.2) is 57.7 Å². The van der Waals surface area contributed by atoms with Crippen molar-refractivity contribution in [2.45, 2.75) is 45.1 Å². The molecule has 0 aliphatic heterocycles. The molecule has 0 spiro atoms. The normalized spacial score (nSPS) is 12.0. The fraction of sp³-hybridized carbons (Fsp3) is 0.205. The Bertz CT molecular complexity index is 2410. The lowest BCUT2D eigenvalue weighted by Gasteiger charge is -2.16. The lowest BCUT2D eigenvalue weighted by Crippen LogP contribution is -2.36. The van der Waals surface area contributed by atoms with Crippen LogP contribution in [0.2, 0.25) is 0 Å². The van der Waals surface area contributed by atoms with Crippen LogP contribution in [0.1, 0.15) is 39.1 Å². The number of aliphatic hydroxyl groups is 2. The molecule has 278 valence electrons. The van der Waals surface area contributed by atoms with Gasteiger partial charge in [-0.2, -0.15) is 13.2 Å². The van der Waals surface area contributed by atoms with Crippen molar-refractivity contribution in [1.82, 2.24) is 34.1 Å².